The summed E-state index contributed by atoms with van der Waals surface area (Å²) >= 11 is 0. The normalized spacial score (nSPS) is 32.3. The number of cyclic esters (lactones) is 1. The minimum absolute atomic E-state index is 0.263. The topological polar surface area (TPSA) is 76.0 Å². The second kappa shape index (κ2) is 11.1. The standard InChI is InChI=1S/C24H32O5/c1-5-16(2)21-14-12-17(3)22(26)23(28-15-19-9-7-6-8-10-19)20(25)13-11-18(4)24(27)29-21/h5-13,18,20-23,25-26H,14-15H2,1-4H3/b13-11+,16-5-,17-12+/t18?,20-,21+,22+,23+/m0/s1. The molecule has 0 radical (unpaired) electrons. The van der Waals surface area contributed by atoms with Gasteiger partial charge < -0.3 is 19.7 Å². The van der Waals surface area contributed by atoms with E-state index in [-0.39, 0.29) is 12.6 Å². The van der Waals surface area contributed by atoms with Crippen LogP contribution in [0, 0.1) is 5.92 Å². The number of ether oxygens (including phenoxy) is 2. The van der Waals surface area contributed by atoms with E-state index in [9.17, 15) is 15.0 Å². The number of carbonyl (C=O) groups excluding carboxylic acids is 1. The summed E-state index contributed by atoms with van der Waals surface area (Å²) in [6.07, 6.45) is 4.00. The molecule has 0 saturated carbocycles. The quantitative estimate of drug-likeness (QED) is 0.595. The molecule has 1 aliphatic rings. The molecule has 5 heteroatoms. The Kier molecular flexibility index (Phi) is 8.83. The fourth-order valence-electron chi connectivity index (χ4n) is 3.04. The summed E-state index contributed by atoms with van der Waals surface area (Å²) in [4.78, 5) is 12.4. The average molecular weight is 401 g/mol. The monoisotopic (exact) mass is 400 g/mol. The number of esters is 1. The first-order valence-electron chi connectivity index (χ1n) is 10.0. The van der Waals surface area contributed by atoms with Crippen molar-refractivity contribution < 1.29 is 24.5 Å². The Labute approximate surface area is 173 Å². The zero-order valence-electron chi connectivity index (χ0n) is 17.6. The molecule has 0 aliphatic carbocycles. The average Bonchev–Trinajstić information content (AvgIpc) is 2.73. The lowest BCUT2D eigenvalue weighted by molar-refractivity contribution is -0.150. The number of benzene rings is 1. The summed E-state index contributed by atoms with van der Waals surface area (Å²) in [7, 11) is 0. The van der Waals surface area contributed by atoms with Gasteiger partial charge >= 0.3 is 5.97 Å². The van der Waals surface area contributed by atoms with E-state index >= 15 is 0 Å². The Morgan fingerprint density at radius 2 is 1.93 bits per heavy atom. The maximum Gasteiger partial charge on any atom is 0.313 e. The Morgan fingerprint density at radius 3 is 2.59 bits per heavy atom. The fraction of sp³-hybridized carbons (Fsp3) is 0.458. The molecule has 1 aliphatic heterocycles. The molecule has 0 amide bonds. The van der Waals surface area contributed by atoms with Crippen LogP contribution in [0.15, 0.2) is 65.8 Å². The van der Waals surface area contributed by atoms with Crippen molar-refractivity contribution in [1.82, 2.24) is 0 Å². The van der Waals surface area contributed by atoms with Gasteiger partial charge in [-0.15, -0.1) is 0 Å². The molecule has 1 aromatic rings. The number of hydrogen-bond donors (Lipinski definition) is 2. The molecule has 0 spiro atoms. The summed E-state index contributed by atoms with van der Waals surface area (Å²) in [5.41, 5.74) is 2.56. The van der Waals surface area contributed by atoms with Gasteiger partial charge in [0.1, 0.15) is 24.4 Å². The molecule has 1 aromatic carbocycles. The molecule has 2 N–H and O–H groups in total. The highest BCUT2D eigenvalue weighted by atomic mass is 16.5. The van der Waals surface area contributed by atoms with Crippen molar-refractivity contribution >= 4 is 5.97 Å². The van der Waals surface area contributed by atoms with Gasteiger partial charge in [-0.1, -0.05) is 54.6 Å². The first-order valence-corrected chi connectivity index (χ1v) is 10.0. The molecule has 1 unspecified atom stereocenters. The van der Waals surface area contributed by atoms with E-state index in [2.05, 4.69) is 0 Å². The van der Waals surface area contributed by atoms with E-state index < -0.39 is 30.3 Å². The molecule has 0 saturated heterocycles. The van der Waals surface area contributed by atoms with Gasteiger partial charge in [0.2, 0.25) is 0 Å². The van der Waals surface area contributed by atoms with Gasteiger partial charge in [-0.2, -0.15) is 0 Å². The Hall–Kier alpha value is -2.21. The highest BCUT2D eigenvalue weighted by Crippen LogP contribution is 2.21. The van der Waals surface area contributed by atoms with E-state index in [1.165, 1.54) is 6.08 Å². The number of aliphatic hydroxyl groups is 2. The van der Waals surface area contributed by atoms with Crippen molar-refractivity contribution in [1.29, 1.82) is 0 Å². The zero-order chi connectivity index (χ0) is 21.4. The molecule has 0 bridgehead atoms. The molecule has 5 nitrogen and oxygen atoms in total. The highest BCUT2D eigenvalue weighted by Gasteiger charge is 2.29. The molecular weight excluding hydrogens is 368 g/mol. The number of aliphatic hydroxyl groups excluding tert-OH is 2. The summed E-state index contributed by atoms with van der Waals surface area (Å²) in [6, 6.07) is 9.59. The molecule has 0 aromatic heterocycles. The molecule has 1 heterocycles. The van der Waals surface area contributed by atoms with E-state index in [4.69, 9.17) is 9.47 Å². The van der Waals surface area contributed by atoms with Crippen LogP contribution in [-0.4, -0.2) is 40.6 Å². The predicted octanol–water partition coefficient (Wildman–Crippen LogP) is 3.71. The van der Waals surface area contributed by atoms with Crippen molar-refractivity contribution in [3.63, 3.8) is 0 Å². The first kappa shape index (κ1) is 23.1. The summed E-state index contributed by atoms with van der Waals surface area (Å²) in [5, 5.41) is 21.5. The van der Waals surface area contributed by atoms with E-state index in [1.807, 2.05) is 56.3 Å². The maximum absolute atomic E-state index is 12.4. The van der Waals surface area contributed by atoms with Gasteiger partial charge in [-0.05, 0) is 44.4 Å². The number of rotatable bonds is 4. The third kappa shape index (κ3) is 6.67. The second-order valence-corrected chi connectivity index (χ2v) is 7.51. The smallest absolute Gasteiger partial charge is 0.313 e. The van der Waals surface area contributed by atoms with Gasteiger partial charge in [0.15, 0.2) is 0 Å². The van der Waals surface area contributed by atoms with E-state index in [0.717, 1.165) is 11.1 Å². The van der Waals surface area contributed by atoms with Gasteiger partial charge in [0.25, 0.3) is 0 Å². The SMILES string of the molecule is C/C=C(/C)[C@H]1C/C=C(\C)[C@@H](O)[C@H](OCc2ccccc2)[C@@H](O)/C=C/C(C)C(=O)O1. The van der Waals surface area contributed by atoms with Crippen molar-refractivity contribution in [2.75, 3.05) is 0 Å². The van der Waals surface area contributed by atoms with Crippen LogP contribution in [0.5, 0.6) is 0 Å². The van der Waals surface area contributed by atoms with Crippen LogP contribution in [0.4, 0.5) is 0 Å². The second-order valence-electron chi connectivity index (χ2n) is 7.51. The van der Waals surface area contributed by atoms with Crippen LogP contribution in [-0.2, 0) is 20.9 Å². The maximum atomic E-state index is 12.4. The lowest BCUT2D eigenvalue weighted by Crippen LogP contribution is -2.40. The number of hydrogen-bond acceptors (Lipinski definition) is 5. The Morgan fingerprint density at radius 1 is 1.24 bits per heavy atom. The molecule has 2 rings (SSSR count). The van der Waals surface area contributed by atoms with Crippen LogP contribution in [0.2, 0.25) is 0 Å². The first-order chi connectivity index (χ1) is 13.8. The molecular formula is C24H32O5. The lowest BCUT2D eigenvalue weighted by Gasteiger charge is -2.28. The largest absolute Gasteiger partial charge is 0.457 e. The summed E-state index contributed by atoms with van der Waals surface area (Å²) < 4.78 is 11.5. The van der Waals surface area contributed by atoms with E-state index in [0.29, 0.717) is 12.0 Å². The van der Waals surface area contributed by atoms with E-state index in [1.54, 1.807) is 19.9 Å². The van der Waals surface area contributed by atoms with Crippen molar-refractivity contribution in [2.45, 2.75) is 65.1 Å². The van der Waals surface area contributed by atoms with Crippen molar-refractivity contribution in [2.24, 2.45) is 5.92 Å². The van der Waals surface area contributed by atoms with Crippen LogP contribution in [0.1, 0.15) is 39.7 Å². The zero-order valence-corrected chi connectivity index (χ0v) is 17.6. The molecule has 158 valence electrons. The van der Waals surface area contributed by atoms with Gasteiger partial charge in [0.05, 0.1) is 12.5 Å². The fourth-order valence-corrected chi connectivity index (χ4v) is 3.04. The third-order valence-corrected chi connectivity index (χ3v) is 5.24. The Balaban J connectivity index is 2.28. The molecule has 0 fully saturated rings. The summed E-state index contributed by atoms with van der Waals surface area (Å²) in [5.74, 6) is -0.873. The third-order valence-electron chi connectivity index (χ3n) is 5.24. The van der Waals surface area contributed by atoms with Crippen molar-refractivity contribution in [3.05, 3.63) is 71.3 Å². The van der Waals surface area contributed by atoms with Gasteiger partial charge in [-0.3, -0.25) is 4.79 Å². The highest BCUT2D eigenvalue weighted by molar-refractivity contribution is 5.74. The van der Waals surface area contributed by atoms with Crippen LogP contribution >= 0.6 is 0 Å². The number of allylic oxidation sites excluding steroid dienone is 1. The van der Waals surface area contributed by atoms with Gasteiger partial charge in [-0.25, -0.2) is 0 Å². The summed E-state index contributed by atoms with van der Waals surface area (Å²) in [6.45, 7) is 7.59. The minimum atomic E-state index is -1.07. The minimum Gasteiger partial charge on any atom is -0.457 e. The molecule has 29 heavy (non-hydrogen) atoms. The molecule has 5 atom stereocenters. The predicted molar refractivity (Wildman–Crippen MR) is 113 cm³/mol. The van der Waals surface area contributed by atoms with Crippen LogP contribution < -0.4 is 0 Å². The van der Waals surface area contributed by atoms with Crippen LogP contribution in [0.25, 0.3) is 0 Å². The Bertz CT molecular complexity index is 750. The lowest BCUT2D eigenvalue weighted by atomic mass is 9.97. The van der Waals surface area contributed by atoms with Gasteiger partial charge in [0, 0.05) is 6.42 Å². The van der Waals surface area contributed by atoms with Crippen LogP contribution in [0.3, 0.4) is 0 Å². The van der Waals surface area contributed by atoms with Crippen molar-refractivity contribution in [3.8, 4) is 0 Å². The number of carbonyl (C=O) groups is 1.